The highest BCUT2D eigenvalue weighted by atomic mass is 16.5. The summed E-state index contributed by atoms with van der Waals surface area (Å²) in [6, 6.07) is 0.103. The number of likely N-dealkylation sites (tertiary alicyclic amines) is 1. The second-order valence-corrected chi connectivity index (χ2v) is 9.26. The lowest BCUT2D eigenvalue weighted by molar-refractivity contribution is -0.127. The van der Waals surface area contributed by atoms with Crippen molar-refractivity contribution in [2.45, 2.75) is 65.8 Å². The molecule has 1 atom stereocenters. The first-order valence-corrected chi connectivity index (χ1v) is 10.7. The zero-order valence-corrected chi connectivity index (χ0v) is 18.6. The molecular formula is C21H39N5O2. The third-order valence-corrected chi connectivity index (χ3v) is 5.53. The fourth-order valence-corrected chi connectivity index (χ4v) is 3.96. The topological polar surface area (TPSA) is 74.5 Å². The third-order valence-electron chi connectivity index (χ3n) is 5.53. The highest BCUT2D eigenvalue weighted by Crippen LogP contribution is 2.26. The summed E-state index contributed by atoms with van der Waals surface area (Å²) in [6.07, 6.45) is 4.84. The van der Waals surface area contributed by atoms with E-state index in [1.165, 1.54) is 0 Å². The van der Waals surface area contributed by atoms with Gasteiger partial charge in [0.25, 0.3) is 0 Å². The van der Waals surface area contributed by atoms with Crippen LogP contribution in [0.2, 0.25) is 0 Å². The summed E-state index contributed by atoms with van der Waals surface area (Å²) in [5.41, 5.74) is 0.0712. The number of hydrogen-bond donors (Lipinski definition) is 1. The Labute approximate surface area is 170 Å². The van der Waals surface area contributed by atoms with Crippen molar-refractivity contribution in [1.82, 2.24) is 25.3 Å². The zero-order chi connectivity index (χ0) is 20.7. The minimum Gasteiger partial charge on any atom is -0.355 e. The molecule has 1 fully saturated rings. The van der Waals surface area contributed by atoms with Gasteiger partial charge in [0.15, 0.2) is 5.82 Å². The molecule has 0 saturated carbocycles. The fourth-order valence-electron chi connectivity index (χ4n) is 3.96. The van der Waals surface area contributed by atoms with Gasteiger partial charge >= 0.3 is 0 Å². The van der Waals surface area contributed by atoms with Crippen LogP contribution in [0.3, 0.4) is 0 Å². The maximum absolute atomic E-state index is 12.6. The Bertz CT molecular complexity index is 606. The van der Waals surface area contributed by atoms with Gasteiger partial charge in [-0.05, 0) is 58.8 Å². The van der Waals surface area contributed by atoms with E-state index in [0.717, 1.165) is 57.6 Å². The third kappa shape index (κ3) is 6.85. The van der Waals surface area contributed by atoms with Crippen LogP contribution in [0.25, 0.3) is 0 Å². The maximum Gasteiger partial charge on any atom is 0.243 e. The number of carbonyl (C=O) groups excluding carboxylic acids is 1. The quantitative estimate of drug-likeness (QED) is 0.659. The molecular weight excluding hydrogens is 354 g/mol. The average molecular weight is 394 g/mol. The predicted octanol–water partition coefficient (Wildman–Crippen LogP) is 2.89. The first-order valence-electron chi connectivity index (χ1n) is 10.7. The normalized spacial score (nSPS) is 17.8. The number of aryl methyl sites for hydroxylation is 1. The van der Waals surface area contributed by atoms with Gasteiger partial charge in [-0.15, -0.1) is 0 Å². The smallest absolute Gasteiger partial charge is 0.243 e. The van der Waals surface area contributed by atoms with Crippen molar-refractivity contribution in [3.05, 3.63) is 11.7 Å². The van der Waals surface area contributed by atoms with Gasteiger partial charge in [0, 0.05) is 25.4 Å². The van der Waals surface area contributed by atoms with Crippen molar-refractivity contribution in [2.75, 3.05) is 40.3 Å². The van der Waals surface area contributed by atoms with E-state index in [-0.39, 0.29) is 23.3 Å². The fraction of sp³-hybridized carbons (Fsp3) is 0.857. The molecule has 0 unspecified atom stereocenters. The van der Waals surface area contributed by atoms with Gasteiger partial charge in [0.2, 0.25) is 11.8 Å². The highest BCUT2D eigenvalue weighted by Gasteiger charge is 2.30. The van der Waals surface area contributed by atoms with E-state index in [0.29, 0.717) is 12.4 Å². The summed E-state index contributed by atoms with van der Waals surface area (Å²) in [7, 11) is 4.13. The number of hydrogen-bond acceptors (Lipinski definition) is 6. The number of unbranched alkanes of at least 4 members (excludes halogenated alkanes) is 1. The number of piperidine rings is 1. The molecule has 160 valence electrons. The van der Waals surface area contributed by atoms with Crippen LogP contribution in [0.1, 0.15) is 71.1 Å². The predicted molar refractivity (Wildman–Crippen MR) is 111 cm³/mol. The first kappa shape index (κ1) is 22.8. The summed E-state index contributed by atoms with van der Waals surface area (Å²) in [5, 5.41) is 7.27. The van der Waals surface area contributed by atoms with Crippen molar-refractivity contribution in [3.63, 3.8) is 0 Å². The summed E-state index contributed by atoms with van der Waals surface area (Å²) in [6.45, 7) is 12.1. The van der Waals surface area contributed by atoms with Crippen molar-refractivity contribution >= 4 is 5.91 Å². The van der Waals surface area contributed by atoms with Gasteiger partial charge in [0.05, 0.1) is 6.04 Å². The molecule has 0 aromatic carbocycles. The van der Waals surface area contributed by atoms with E-state index in [2.05, 4.69) is 67.0 Å². The molecule has 7 nitrogen and oxygen atoms in total. The van der Waals surface area contributed by atoms with E-state index < -0.39 is 0 Å². The molecule has 0 spiro atoms. The minimum absolute atomic E-state index is 0.0712. The van der Waals surface area contributed by atoms with Gasteiger partial charge in [0.1, 0.15) is 0 Å². The molecule has 0 radical (unpaired) electrons. The zero-order valence-electron chi connectivity index (χ0n) is 18.6. The molecule has 7 heteroatoms. The number of nitrogens with one attached hydrogen (secondary N) is 1. The second kappa shape index (κ2) is 10.3. The van der Waals surface area contributed by atoms with Crippen LogP contribution in [-0.2, 0) is 11.2 Å². The number of nitrogens with zero attached hydrogens (tertiary/aromatic N) is 4. The maximum atomic E-state index is 12.6. The largest absolute Gasteiger partial charge is 0.355 e. The van der Waals surface area contributed by atoms with E-state index >= 15 is 0 Å². The lowest BCUT2D eigenvalue weighted by Crippen LogP contribution is -2.45. The number of rotatable bonds is 10. The highest BCUT2D eigenvalue weighted by molar-refractivity contribution is 5.78. The molecule has 1 aliphatic rings. The van der Waals surface area contributed by atoms with Crippen LogP contribution in [0.4, 0.5) is 0 Å². The summed E-state index contributed by atoms with van der Waals surface area (Å²) in [5.74, 6) is 1.79. The molecule has 0 aliphatic carbocycles. The Morgan fingerprint density at radius 3 is 2.64 bits per heavy atom. The van der Waals surface area contributed by atoms with Crippen molar-refractivity contribution in [2.24, 2.45) is 11.3 Å². The Kier molecular flexibility index (Phi) is 8.43. The summed E-state index contributed by atoms with van der Waals surface area (Å²) >= 11 is 0. The Hall–Kier alpha value is -1.47. The van der Waals surface area contributed by atoms with Crippen LogP contribution >= 0.6 is 0 Å². The molecule has 1 aromatic rings. The van der Waals surface area contributed by atoms with Crippen LogP contribution in [0, 0.1) is 11.3 Å². The van der Waals surface area contributed by atoms with E-state index in [1.807, 2.05) is 0 Å². The number of amides is 1. The number of carbonyl (C=O) groups is 1. The molecule has 28 heavy (non-hydrogen) atoms. The Balaban J connectivity index is 1.78. The molecule has 1 saturated heterocycles. The van der Waals surface area contributed by atoms with Crippen LogP contribution < -0.4 is 5.32 Å². The van der Waals surface area contributed by atoms with E-state index in [1.54, 1.807) is 0 Å². The van der Waals surface area contributed by atoms with E-state index in [4.69, 9.17) is 4.52 Å². The molecule has 0 bridgehead atoms. The molecule has 1 amide bonds. The van der Waals surface area contributed by atoms with Gasteiger partial charge < -0.3 is 14.7 Å². The van der Waals surface area contributed by atoms with Crippen LogP contribution in [0.15, 0.2) is 4.52 Å². The van der Waals surface area contributed by atoms with Gasteiger partial charge in [-0.2, -0.15) is 4.98 Å². The molecule has 1 aliphatic heterocycles. The van der Waals surface area contributed by atoms with Gasteiger partial charge in [-0.3, -0.25) is 9.69 Å². The van der Waals surface area contributed by atoms with Crippen LogP contribution in [0.5, 0.6) is 0 Å². The lowest BCUT2D eigenvalue weighted by Gasteiger charge is -2.34. The van der Waals surface area contributed by atoms with E-state index in [9.17, 15) is 4.79 Å². The summed E-state index contributed by atoms with van der Waals surface area (Å²) < 4.78 is 5.47. The Morgan fingerprint density at radius 2 is 2.04 bits per heavy atom. The summed E-state index contributed by atoms with van der Waals surface area (Å²) in [4.78, 5) is 21.7. The van der Waals surface area contributed by atoms with Crippen molar-refractivity contribution in [1.29, 1.82) is 0 Å². The second-order valence-electron chi connectivity index (χ2n) is 9.26. The monoisotopic (exact) mass is 393 g/mol. The minimum atomic E-state index is 0.0712. The molecule has 2 rings (SSSR count). The molecule has 1 aromatic heterocycles. The van der Waals surface area contributed by atoms with Crippen molar-refractivity contribution < 1.29 is 9.32 Å². The number of aromatic nitrogens is 2. The molecule has 2 heterocycles. The average Bonchev–Trinajstić information content (AvgIpc) is 3.12. The van der Waals surface area contributed by atoms with Crippen molar-refractivity contribution in [3.8, 4) is 0 Å². The van der Waals surface area contributed by atoms with Crippen LogP contribution in [-0.4, -0.2) is 66.1 Å². The SMILES string of the molecule is CCCCc1noc([C@H](C)N2CCC(C(=O)NCC(C)(C)CN(C)C)CC2)n1. The molecule has 1 N–H and O–H groups in total. The Morgan fingerprint density at radius 1 is 1.36 bits per heavy atom. The standard InChI is InChI=1S/C21H39N5O2/c1-7-8-9-18-23-20(28-24-18)16(2)26-12-10-17(11-13-26)19(27)22-14-21(3,4)15-25(5)6/h16-17H,7-15H2,1-6H3,(H,22,27)/t16-/m0/s1. The van der Waals surface area contributed by atoms with Gasteiger partial charge in [-0.25, -0.2) is 0 Å². The first-order chi connectivity index (χ1) is 13.2. The lowest BCUT2D eigenvalue weighted by atomic mass is 9.91. The van der Waals surface area contributed by atoms with Gasteiger partial charge in [-0.1, -0.05) is 32.3 Å².